The molecule has 0 amide bonds. The summed E-state index contributed by atoms with van der Waals surface area (Å²) in [5, 5.41) is 8.76. The van der Waals surface area contributed by atoms with Crippen molar-refractivity contribution < 1.29 is 14.3 Å². The van der Waals surface area contributed by atoms with E-state index in [4.69, 9.17) is 10.8 Å². The number of hydrogen-bond donors (Lipinski definition) is 2. The topological polar surface area (TPSA) is 63.3 Å². The van der Waals surface area contributed by atoms with Gasteiger partial charge in [0, 0.05) is 5.56 Å². The summed E-state index contributed by atoms with van der Waals surface area (Å²) >= 11 is 0. The normalized spacial score (nSPS) is 10.2. The fraction of sp³-hybridized carbons (Fsp3) is 0. The number of halogens is 1. The molecule has 0 fully saturated rings. The van der Waals surface area contributed by atoms with E-state index in [0.29, 0.717) is 11.1 Å². The highest BCUT2D eigenvalue weighted by Gasteiger charge is 2.08. The highest BCUT2D eigenvalue weighted by Crippen LogP contribution is 2.27. The Morgan fingerprint density at radius 1 is 1.12 bits per heavy atom. The number of benzene rings is 2. The minimum atomic E-state index is -0.997. The van der Waals surface area contributed by atoms with Crippen molar-refractivity contribution in [3.05, 3.63) is 53.8 Å². The van der Waals surface area contributed by atoms with Gasteiger partial charge in [0.15, 0.2) is 0 Å². The van der Waals surface area contributed by atoms with Crippen molar-refractivity contribution in [2.75, 3.05) is 5.73 Å². The van der Waals surface area contributed by atoms with Crippen molar-refractivity contribution in [1.82, 2.24) is 0 Å². The zero-order chi connectivity index (χ0) is 12.4. The van der Waals surface area contributed by atoms with Crippen LogP contribution in [0.2, 0.25) is 0 Å². The van der Waals surface area contributed by atoms with Crippen LogP contribution in [0.5, 0.6) is 0 Å². The molecule has 0 atom stereocenters. The Balaban J connectivity index is 2.47. The van der Waals surface area contributed by atoms with E-state index in [1.165, 1.54) is 18.2 Å². The van der Waals surface area contributed by atoms with E-state index < -0.39 is 11.8 Å². The Morgan fingerprint density at radius 2 is 1.76 bits per heavy atom. The number of aromatic carboxylic acids is 1. The van der Waals surface area contributed by atoms with Crippen LogP contribution in [0.1, 0.15) is 10.4 Å². The third-order valence-electron chi connectivity index (χ3n) is 2.50. The number of nitrogen functional groups attached to an aromatic ring is 1. The van der Waals surface area contributed by atoms with E-state index in [9.17, 15) is 9.18 Å². The molecule has 3 nitrogen and oxygen atoms in total. The molecule has 0 unspecified atom stereocenters. The number of anilines is 1. The average Bonchev–Trinajstić information content (AvgIpc) is 2.33. The van der Waals surface area contributed by atoms with E-state index in [2.05, 4.69) is 0 Å². The summed E-state index contributed by atoms with van der Waals surface area (Å²) in [5.41, 5.74) is 7.11. The first kappa shape index (κ1) is 11.1. The zero-order valence-corrected chi connectivity index (χ0v) is 8.85. The second-order valence-corrected chi connectivity index (χ2v) is 3.58. The average molecular weight is 231 g/mol. The Morgan fingerprint density at radius 3 is 2.35 bits per heavy atom. The van der Waals surface area contributed by atoms with Gasteiger partial charge in [-0.3, -0.25) is 0 Å². The molecule has 0 saturated heterocycles. The van der Waals surface area contributed by atoms with Crippen molar-refractivity contribution in [3.63, 3.8) is 0 Å². The first-order valence-corrected chi connectivity index (χ1v) is 4.97. The zero-order valence-electron chi connectivity index (χ0n) is 8.85. The summed E-state index contributed by atoms with van der Waals surface area (Å²) in [6, 6.07) is 10.7. The molecule has 0 aliphatic carbocycles. The predicted octanol–water partition coefficient (Wildman–Crippen LogP) is 2.77. The minimum absolute atomic E-state index is 0.0653. The monoisotopic (exact) mass is 231 g/mol. The summed E-state index contributed by atoms with van der Waals surface area (Å²) in [4.78, 5) is 10.7. The first-order valence-electron chi connectivity index (χ1n) is 4.97. The summed E-state index contributed by atoms with van der Waals surface area (Å²) in [6.45, 7) is 0. The largest absolute Gasteiger partial charge is 0.478 e. The molecular weight excluding hydrogens is 221 g/mol. The van der Waals surface area contributed by atoms with Gasteiger partial charge in [-0.25, -0.2) is 9.18 Å². The lowest BCUT2D eigenvalue weighted by Crippen LogP contribution is -1.97. The molecule has 4 heteroatoms. The Bertz CT molecular complexity index is 564. The van der Waals surface area contributed by atoms with E-state index >= 15 is 0 Å². The number of hydrogen-bond acceptors (Lipinski definition) is 2. The second-order valence-electron chi connectivity index (χ2n) is 3.58. The van der Waals surface area contributed by atoms with Crippen LogP contribution in [0.25, 0.3) is 11.1 Å². The molecule has 0 saturated carbocycles. The van der Waals surface area contributed by atoms with Crippen LogP contribution in [0.3, 0.4) is 0 Å². The quantitative estimate of drug-likeness (QED) is 0.781. The summed E-state index contributed by atoms with van der Waals surface area (Å²) in [7, 11) is 0. The lowest BCUT2D eigenvalue weighted by atomic mass is 10.0. The van der Waals surface area contributed by atoms with Crippen molar-refractivity contribution in [2.45, 2.75) is 0 Å². The molecule has 86 valence electrons. The standard InChI is InChI=1S/C13H10FNO2/c14-11-3-1-2-10(12(11)15)8-4-6-9(7-5-8)13(16)17/h1-7H,15H2,(H,16,17). The van der Waals surface area contributed by atoms with Gasteiger partial charge in [0.05, 0.1) is 11.3 Å². The van der Waals surface area contributed by atoms with Gasteiger partial charge in [-0.15, -0.1) is 0 Å². The highest BCUT2D eigenvalue weighted by atomic mass is 19.1. The Hall–Kier alpha value is -2.36. The Kier molecular flexibility index (Phi) is 2.78. The van der Waals surface area contributed by atoms with E-state index in [1.54, 1.807) is 24.3 Å². The fourth-order valence-electron chi connectivity index (χ4n) is 1.58. The van der Waals surface area contributed by atoms with Gasteiger partial charge in [-0.1, -0.05) is 24.3 Å². The summed E-state index contributed by atoms with van der Waals surface area (Å²) in [6.07, 6.45) is 0. The van der Waals surface area contributed by atoms with E-state index in [1.807, 2.05) is 0 Å². The number of nitrogens with two attached hydrogens (primary N) is 1. The van der Waals surface area contributed by atoms with Crippen LogP contribution in [0, 0.1) is 5.82 Å². The lowest BCUT2D eigenvalue weighted by molar-refractivity contribution is 0.0697. The minimum Gasteiger partial charge on any atom is -0.478 e. The van der Waals surface area contributed by atoms with Crippen LogP contribution in [0.4, 0.5) is 10.1 Å². The molecule has 0 aromatic heterocycles. The molecule has 3 N–H and O–H groups in total. The summed E-state index contributed by atoms with van der Waals surface area (Å²) in [5.74, 6) is -1.48. The number of carboxylic acids is 1. The third-order valence-corrected chi connectivity index (χ3v) is 2.50. The molecule has 0 spiro atoms. The van der Waals surface area contributed by atoms with Crippen LogP contribution in [0.15, 0.2) is 42.5 Å². The number of para-hydroxylation sites is 1. The molecule has 0 radical (unpaired) electrons. The molecule has 2 aromatic rings. The van der Waals surface area contributed by atoms with Gasteiger partial charge < -0.3 is 10.8 Å². The predicted molar refractivity (Wildman–Crippen MR) is 63.2 cm³/mol. The van der Waals surface area contributed by atoms with Gasteiger partial charge in [0.25, 0.3) is 0 Å². The molecule has 0 heterocycles. The van der Waals surface area contributed by atoms with Gasteiger partial charge in [-0.05, 0) is 23.8 Å². The van der Waals surface area contributed by atoms with Crippen LogP contribution in [-0.4, -0.2) is 11.1 Å². The van der Waals surface area contributed by atoms with Crippen molar-refractivity contribution in [3.8, 4) is 11.1 Å². The van der Waals surface area contributed by atoms with Crippen LogP contribution >= 0.6 is 0 Å². The SMILES string of the molecule is Nc1c(F)cccc1-c1ccc(C(=O)O)cc1. The number of carbonyl (C=O) groups is 1. The van der Waals surface area contributed by atoms with E-state index in [0.717, 1.165) is 0 Å². The number of rotatable bonds is 2. The molecule has 0 aliphatic rings. The second kappa shape index (κ2) is 4.25. The van der Waals surface area contributed by atoms with Gasteiger partial charge >= 0.3 is 5.97 Å². The van der Waals surface area contributed by atoms with Crippen LogP contribution < -0.4 is 5.73 Å². The molecule has 2 rings (SSSR count). The number of carboxylic acid groups (broad SMARTS) is 1. The first-order chi connectivity index (χ1) is 8.09. The lowest BCUT2D eigenvalue weighted by Gasteiger charge is -2.06. The molecule has 0 bridgehead atoms. The van der Waals surface area contributed by atoms with Crippen molar-refractivity contribution in [2.24, 2.45) is 0 Å². The van der Waals surface area contributed by atoms with Gasteiger partial charge in [0.2, 0.25) is 0 Å². The highest BCUT2D eigenvalue weighted by molar-refractivity contribution is 5.88. The maximum atomic E-state index is 13.3. The van der Waals surface area contributed by atoms with Crippen molar-refractivity contribution in [1.29, 1.82) is 0 Å². The van der Waals surface area contributed by atoms with Crippen molar-refractivity contribution >= 4 is 11.7 Å². The van der Waals surface area contributed by atoms with Gasteiger partial charge in [0.1, 0.15) is 5.82 Å². The molecular formula is C13H10FNO2. The summed E-state index contributed by atoms with van der Waals surface area (Å²) < 4.78 is 13.3. The maximum absolute atomic E-state index is 13.3. The smallest absolute Gasteiger partial charge is 0.335 e. The third kappa shape index (κ3) is 2.10. The van der Waals surface area contributed by atoms with Crippen LogP contribution in [-0.2, 0) is 0 Å². The maximum Gasteiger partial charge on any atom is 0.335 e. The fourth-order valence-corrected chi connectivity index (χ4v) is 1.58. The Labute approximate surface area is 97.3 Å². The van der Waals surface area contributed by atoms with Gasteiger partial charge in [-0.2, -0.15) is 0 Å². The molecule has 0 aliphatic heterocycles. The molecule has 17 heavy (non-hydrogen) atoms. The van der Waals surface area contributed by atoms with E-state index in [-0.39, 0.29) is 11.3 Å². The molecule has 2 aromatic carbocycles.